The van der Waals surface area contributed by atoms with E-state index in [1.54, 1.807) is 31.3 Å². The van der Waals surface area contributed by atoms with Crippen molar-refractivity contribution in [2.75, 3.05) is 32.0 Å². The van der Waals surface area contributed by atoms with Crippen LogP contribution in [0, 0.1) is 0 Å². The molecule has 0 fully saturated rings. The minimum atomic E-state index is -0.167. The molecule has 0 saturated carbocycles. The first-order valence-electron chi connectivity index (χ1n) is 6.45. The molecule has 0 saturated heterocycles. The van der Waals surface area contributed by atoms with E-state index in [9.17, 15) is 9.59 Å². The predicted octanol–water partition coefficient (Wildman–Crippen LogP) is 1.33. The summed E-state index contributed by atoms with van der Waals surface area (Å²) in [6.45, 7) is 6.06. The molecule has 5 heteroatoms. The Hall–Kier alpha value is -1.88. The number of benzene rings is 1. The maximum atomic E-state index is 11.8. The molecule has 104 valence electrons. The van der Waals surface area contributed by atoms with Crippen LogP contribution in [-0.4, -0.2) is 43.4 Å². The largest absolute Gasteiger partial charge is 0.355 e. The van der Waals surface area contributed by atoms with Gasteiger partial charge in [-0.15, -0.1) is 0 Å². The van der Waals surface area contributed by atoms with Crippen LogP contribution in [0.4, 0.5) is 5.69 Å². The van der Waals surface area contributed by atoms with Crippen molar-refractivity contribution in [2.45, 2.75) is 13.8 Å². The summed E-state index contributed by atoms with van der Waals surface area (Å²) in [6, 6.07) is 6.89. The Morgan fingerprint density at radius 1 is 1.21 bits per heavy atom. The Balaban J connectivity index is 2.66. The number of hydrogen-bond acceptors (Lipinski definition) is 3. The average molecular weight is 263 g/mol. The summed E-state index contributed by atoms with van der Waals surface area (Å²) in [5, 5.41) is 5.35. The number of rotatable bonds is 6. The standard InChI is InChI=1S/C14H21N3O2/c1-4-17(5-2)10-13(18)16-12-8-6-7-11(9-12)14(19)15-3/h6-9H,4-5,10H2,1-3H3,(H,15,19)(H,16,18). The first kappa shape index (κ1) is 15.2. The second kappa shape index (κ2) is 7.53. The average Bonchev–Trinajstić information content (AvgIpc) is 2.44. The molecule has 2 N–H and O–H groups in total. The Morgan fingerprint density at radius 3 is 2.47 bits per heavy atom. The first-order valence-corrected chi connectivity index (χ1v) is 6.45. The lowest BCUT2D eigenvalue weighted by atomic mass is 10.2. The highest BCUT2D eigenvalue weighted by molar-refractivity contribution is 5.97. The molecule has 0 unspecified atom stereocenters. The van der Waals surface area contributed by atoms with Crippen molar-refractivity contribution in [1.82, 2.24) is 10.2 Å². The van der Waals surface area contributed by atoms with Crippen molar-refractivity contribution < 1.29 is 9.59 Å². The summed E-state index contributed by atoms with van der Waals surface area (Å²) < 4.78 is 0. The third-order valence-electron chi connectivity index (χ3n) is 2.90. The minimum Gasteiger partial charge on any atom is -0.355 e. The molecule has 0 radical (unpaired) electrons. The maximum Gasteiger partial charge on any atom is 0.251 e. The fourth-order valence-electron chi connectivity index (χ4n) is 1.73. The van der Waals surface area contributed by atoms with E-state index in [-0.39, 0.29) is 11.8 Å². The monoisotopic (exact) mass is 263 g/mol. The molecule has 0 aliphatic rings. The molecule has 0 heterocycles. The highest BCUT2D eigenvalue weighted by atomic mass is 16.2. The van der Waals surface area contributed by atoms with Crippen molar-refractivity contribution >= 4 is 17.5 Å². The fraction of sp³-hybridized carbons (Fsp3) is 0.429. The van der Waals surface area contributed by atoms with E-state index in [1.807, 2.05) is 18.7 Å². The highest BCUT2D eigenvalue weighted by Crippen LogP contribution is 2.10. The van der Waals surface area contributed by atoms with Crippen LogP contribution in [0.5, 0.6) is 0 Å². The Kier molecular flexibility index (Phi) is 6.02. The van der Waals surface area contributed by atoms with E-state index in [0.717, 1.165) is 13.1 Å². The SMILES string of the molecule is CCN(CC)CC(=O)Nc1cccc(C(=O)NC)c1. The molecule has 0 aliphatic heterocycles. The summed E-state index contributed by atoms with van der Waals surface area (Å²) in [6.07, 6.45) is 0. The van der Waals surface area contributed by atoms with Crippen LogP contribution in [0.2, 0.25) is 0 Å². The molecular weight excluding hydrogens is 242 g/mol. The van der Waals surface area contributed by atoms with Gasteiger partial charge in [0.25, 0.3) is 5.91 Å². The second-order valence-electron chi connectivity index (χ2n) is 4.17. The number of likely N-dealkylation sites (N-methyl/N-ethyl adjacent to an activating group) is 1. The Morgan fingerprint density at radius 2 is 1.89 bits per heavy atom. The third kappa shape index (κ3) is 4.71. The van der Waals surface area contributed by atoms with Gasteiger partial charge in [0.2, 0.25) is 5.91 Å². The summed E-state index contributed by atoms with van der Waals surface area (Å²) in [5.41, 5.74) is 1.17. The van der Waals surface area contributed by atoms with E-state index in [1.165, 1.54) is 0 Å². The number of carbonyl (C=O) groups is 2. The lowest BCUT2D eigenvalue weighted by Crippen LogP contribution is -2.33. The van der Waals surface area contributed by atoms with Gasteiger partial charge in [0, 0.05) is 18.3 Å². The molecular formula is C14H21N3O2. The normalized spacial score (nSPS) is 10.3. The lowest BCUT2D eigenvalue weighted by molar-refractivity contribution is -0.117. The summed E-state index contributed by atoms with van der Waals surface area (Å²) >= 11 is 0. The van der Waals surface area contributed by atoms with E-state index in [0.29, 0.717) is 17.8 Å². The van der Waals surface area contributed by atoms with Gasteiger partial charge in [-0.3, -0.25) is 14.5 Å². The van der Waals surface area contributed by atoms with Crippen LogP contribution >= 0.6 is 0 Å². The number of carbonyl (C=O) groups excluding carboxylic acids is 2. The maximum absolute atomic E-state index is 11.8. The van der Waals surface area contributed by atoms with E-state index >= 15 is 0 Å². The molecule has 0 bridgehead atoms. The zero-order valence-electron chi connectivity index (χ0n) is 11.7. The first-order chi connectivity index (χ1) is 9.10. The molecule has 19 heavy (non-hydrogen) atoms. The molecule has 5 nitrogen and oxygen atoms in total. The van der Waals surface area contributed by atoms with E-state index in [4.69, 9.17) is 0 Å². The number of amides is 2. The highest BCUT2D eigenvalue weighted by Gasteiger charge is 2.09. The summed E-state index contributed by atoms with van der Waals surface area (Å²) in [5.74, 6) is -0.238. The van der Waals surface area contributed by atoms with Crippen LogP contribution in [0.15, 0.2) is 24.3 Å². The van der Waals surface area contributed by atoms with Crippen molar-refractivity contribution in [3.63, 3.8) is 0 Å². The molecule has 1 aromatic carbocycles. The fourth-order valence-corrected chi connectivity index (χ4v) is 1.73. The zero-order chi connectivity index (χ0) is 14.3. The van der Waals surface area contributed by atoms with Crippen LogP contribution in [0.1, 0.15) is 24.2 Å². The van der Waals surface area contributed by atoms with Crippen molar-refractivity contribution in [3.8, 4) is 0 Å². The molecule has 0 spiro atoms. The van der Waals surface area contributed by atoms with Crippen molar-refractivity contribution in [1.29, 1.82) is 0 Å². The van der Waals surface area contributed by atoms with Gasteiger partial charge in [0.15, 0.2) is 0 Å². The molecule has 1 rings (SSSR count). The summed E-state index contributed by atoms with van der Waals surface area (Å²) in [7, 11) is 1.58. The molecule has 2 amide bonds. The number of nitrogens with one attached hydrogen (secondary N) is 2. The minimum absolute atomic E-state index is 0.0715. The predicted molar refractivity (Wildman–Crippen MR) is 76.2 cm³/mol. The number of hydrogen-bond donors (Lipinski definition) is 2. The topological polar surface area (TPSA) is 61.4 Å². The van der Waals surface area contributed by atoms with Crippen LogP contribution in [0.3, 0.4) is 0 Å². The molecule has 1 aromatic rings. The van der Waals surface area contributed by atoms with Gasteiger partial charge < -0.3 is 10.6 Å². The van der Waals surface area contributed by atoms with Crippen molar-refractivity contribution in [2.24, 2.45) is 0 Å². The van der Waals surface area contributed by atoms with Crippen LogP contribution < -0.4 is 10.6 Å². The number of nitrogens with zero attached hydrogens (tertiary/aromatic N) is 1. The van der Waals surface area contributed by atoms with Gasteiger partial charge in [0.05, 0.1) is 6.54 Å². The third-order valence-corrected chi connectivity index (χ3v) is 2.90. The number of anilines is 1. The molecule has 0 aliphatic carbocycles. The lowest BCUT2D eigenvalue weighted by Gasteiger charge is -2.17. The van der Waals surface area contributed by atoms with Crippen LogP contribution in [-0.2, 0) is 4.79 Å². The van der Waals surface area contributed by atoms with Crippen LogP contribution in [0.25, 0.3) is 0 Å². The molecule has 0 aromatic heterocycles. The second-order valence-corrected chi connectivity index (χ2v) is 4.17. The quantitative estimate of drug-likeness (QED) is 0.814. The van der Waals surface area contributed by atoms with Gasteiger partial charge in [-0.05, 0) is 31.3 Å². The Bertz CT molecular complexity index is 442. The van der Waals surface area contributed by atoms with Gasteiger partial charge >= 0.3 is 0 Å². The molecule has 0 atom stereocenters. The van der Waals surface area contributed by atoms with Gasteiger partial charge in [-0.2, -0.15) is 0 Å². The van der Waals surface area contributed by atoms with Crippen molar-refractivity contribution in [3.05, 3.63) is 29.8 Å². The van der Waals surface area contributed by atoms with Gasteiger partial charge in [-0.1, -0.05) is 19.9 Å². The summed E-state index contributed by atoms with van der Waals surface area (Å²) in [4.78, 5) is 25.4. The van der Waals surface area contributed by atoms with E-state index < -0.39 is 0 Å². The smallest absolute Gasteiger partial charge is 0.251 e. The van der Waals surface area contributed by atoms with Gasteiger partial charge in [-0.25, -0.2) is 0 Å². The van der Waals surface area contributed by atoms with E-state index in [2.05, 4.69) is 10.6 Å². The Labute approximate surface area is 114 Å². The zero-order valence-corrected chi connectivity index (χ0v) is 11.7. The van der Waals surface area contributed by atoms with Gasteiger partial charge in [0.1, 0.15) is 0 Å².